The lowest BCUT2D eigenvalue weighted by Gasteiger charge is -2.20. The van der Waals surface area contributed by atoms with E-state index >= 15 is 0 Å². The van der Waals surface area contributed by atoms with Crippen LogP contribution in [-0.4, -0.2) is 4.98 Å². The largest absolute Gasteiger partial charge is 0.258 e. The lowest BCUT2D eigenvalue weighted by atomic mass is 9.88. The van der Waals surface area contributed by atoms with E-state index in [0.29, 0.717) is 0 Å². The maximum absolute atomic E-state index is 4.97. The first kappa shape index (κ1) is 13.1. The smallest absolute Gasteiger partial charge is 0.0441 e. The van der Waals surface area contributed by atoms with Gasteiger partial charge in [0.15, 0.2) is 0 Å². The summed E-state index contributed by atoms with van der Waals surface area (Å²) in [6, 6.07) is 2.45. The first-order valence-corrected chi connectivity index (χ1v) is 8.44. The second-order valence-electron chi connectivity index (χ2n) is 6.38. The van der Waals surface area contributed by atoms with Crippen molar-refractivity contribution in [3.63, 3.8) is 0 Å². The van der Waals surface area contributed by atoms with E-state index < -0.39 is 0 Å². The van der Waals surface area contributed by atoms with Gasteiger partial charge in [0.2, 0.25) is 0 Å². The van der Waals surface area contributed by atoms with Crippen LogP contribution in [0.3, 0.4) is 0 Å². The molecule has 1 aromatic heterocycles. The van der Waals surface area contributed by atoms with Crippen LogP contribution >= 0.6 is 0 Å². The van der Waals surface area contributed by atoms with Gasteiger partial charge in [0, 0.05) is 11.4 Å². The van der Waals surface area contributed by atoms with E-state index in [1.54, 1.807) is 11.1 Å². The minimum absolute atomic E-state index is 1.21. The maximum atomic E-state index is 4.97. The summed E-state index contributed by atoms with van der Waals surface area (Å²) in [5.74, 6) is 0. The van der Waals surface area contributed by atoms with Gasteiger partial charge in [-0.05, 0) is 68.6 Å². The first-order valence-electron chi connectivity index (χ1n) is 8.44. The third kappa shape index (κ3) is 3.38. The third-order valence-corrected chi connectivity index (χ3v) is 4.82. The number of hydrogen-bond donors (Lipinski definition) is 0. The quantitative estimate of drug-likeness (QED) is 0.651. The average molecular weight is 257 g/mol. The monoisotopic (exact) mass is 257 g/mol. The van der Waals surface area contributed by atoms with Crippen molar-refractivity contribution in [3.8, 4) is 0 Å². The molecule has 0 unspecified atom stereocenters. The number of aromatic nitrogens is 1. The standard InChI is InChI=1S/C18H27N/c1-2-4-6-10-15-14-16(11-7-5-3-1)19-18-13-9-8-12-17(15)18/h14H,1-13H2. The van der Waals surface area contributed by atoms with Crippen molar-refractivity contribution in [1.29, 1.82) is 0 Å². The van der Waals surface area contributed by atoms with E-state index in [4.69, 9.17) is 4.98 Å². The van der Waals surface area contributed by atoms with Crippen LogP contribution < -0.4 is 0 Å². The second-order valence-corrected chi connectivity index (χ2v) is 6.38. The molecule has 1 heterocycles. The van der Waals surface area contributed by atoms with Gasteiger partial charge in [-0.2, -0.15) is 0 Å². The molecule has 2 bridgehead atoms. The Balaban J connectivity index is 1.85. The molecule has 1 aromatic rings. The van der Waals surface area contributed by atoms with Gasteiger partial charge >= 0.3 is 0 Å². The van der Waals surface area contributed by atoms with E-state index in [2.05, 4.69) is 6.07 Å². The van der Waals surface area contributed by atoms with Gasteiger partial charge < -0.3 is 0 Å². The molecule has 2 aliphatic rings. The number of fused-ring (bicyclic) bond motifs is 4. The second kappa shape index (κ2) is 6.54. The Labute approximate surface area is 117 Å². The molecular formula is C18H27N. The predicted octanol–water partition coefficient (Wildman–Crippen LogP) is 4.79. The van der Waals surface area contributed by atoms with Crippen LogP contribution in [-0.2, 0) is 25.7 Å². The molecule has 1 nitrogen and oxygen atoms in total. The van der Waals surface area contributed by atoms with Crippen molar-refractivity contribution >= 4 is 0 Å². The molecule has 0 amide bonds. The molecule has 0 atom stereocenters. The summed E-state index contributed by atoms with van der Waals surface area (Å²) in [5, 5.41) is 0. The summed E-state index contributed by atoms with van der Waals surface area (Å²) in [6.45, 7) is 0. The molecule has 19 heavy (non-hydrogen) atoms. The fourth-order valence-corrected chi connectivity index (χ4v) is 3.71. The zero-order chi connectivity index (χ0) is 12.9. The molecule has 3 rings (SSSR count). The number of hydrogen-bond acceptors (Lipinski definition) is 1. The maximum Gasteiger partial charge on any atom is 0.0441 e. The molecule has 2 aliphatic carbocycles. The molecule has 1 heteroatoms. The van der Waals surface area contributed by atoms with Crippen molar-refractivity contribution < 1.29 is 0 Å². The van der Waals surface area contributed by atoms with Gasteiger partial charge in [-0.1, -0.05) is 32.1 Å². The zero-order valence-corrected chi connectivity index (χ0v) is 12.2. The van der Waals surface area contributed by atoms with Crippen LogP contribution in [0.2, 0.25) is 0 Å². The van der Waals surface area contributed by atoms with Crippen LogP contribution in [0.4, 0.5) is 0 Å². The van der Waals surface area contributed by atoms with E-state index in [-0.39, 0.29) is 0 Å². The van der Waals surface area contributed by atoms with Crippen LogP contribution in [0, 0.1) is 0 Å². The summed E-state index contributed by atoms with van der Waals surface area (Å²) in [6.07, 6.45) is 17.6. The van der Waals surface area contributed by atoms with Crippen LogP contribution in [0.15, 0.2) is 6.07 Å². The highest BCUT2D eigenvalue weighted by Gasteiger charge is 2.16. The lowest BCUT2D eigenvalue weighted by molar-refractivity contribution is 0.566. The van der Waals surface area contributed by atoms with Crippen LogP contribution in [0.5, 0.6) is 0 Å². The number of nitrogens with zero attached hydrogens (tertiary/aromatic N) is 1. The Morgan fingerprint density at radius 3 is 2.11 bits per heavy atom. The molecule has 0 radical (unpaired) electrons. The summed E-state index contributed by atoms with van der Waals surface area (Å²) < 4.78 is 0. The van der Waals surface area contributed by atoms with Gasteiger partial charge in [-0.25, -0.2) is 0 Å². The van der Waals surface area contributed by atoms with Crippen LogP contribution in [0.25, 0.3) is 0 Å². The zero-order valence-electron chi connectivity index (χ0n) is 12.2. The summed E-state index contributed by atoms with van der Waals surface area (Å²) in [7, 11) is 0. The molecule has 0 saturated heterocycles. The van der Waals surface area contributed by atoms with Crippen molar-refractivity contribution in [2.75, 3.05) is 0 Å². The van der Waals surface area contributed by atoms with Gasteiger partial charge in [0.25, 0.3) is 0 Å². The Morgan fingerprint density at radius 2 is 1.26 bits per heavy atom. The Morgan fingerprint density at radius 1 is 0.632 bits per heavy atom. The van der Waals surface area contributed by atoms with Gasteiger partial charge in [0.05, 0.1) is 0 Å². The molecule has 0 N–H and O–H groups in total. The highest BCUT2D eigenvalue weighted by Crippen LogP contribution is 2.26. The van der Waals surface area contributed by atoms with E-state index in [9.17, 15) is 0 Å². The van der Waals surface area contributed by atoms with Gasteiger partial charge in [-0.3, -0.25) is 4.98 Å². The fourth-order valence-electron chi connectivity index (χ4n) is 3.71. The van der Waals surface area contributed by atoms with E-state index in [1.807, 2.05) is 0 Å². The van der Waals surface area contributed by atoms with Gasteiger partial charge in [0.1, 0.15) is 0 Å². The Bertz CT molecular complexity index is 422. The molecule has 0 aliphatic heterocycles. The average Bonchev–Trinajstić information content (AvgIpc) is 2.44. The highest BCUT2D eigenvalue weighted by molar-refractivity contribution is 5.35. The van der Waals surface area contributed by atoms with Crippen molar-refractivity contribution in [2.24, 2.45) is 0 Å². The number of rotatable bonds is 0. The molecule has 0 aromatic carbocycles. The lowest BCUT2D eigenvalue weighted by Crippen LogP contribution is -2.11. The normalized spacial score (nSPS) is 21.1. The van der Waals surface area contributed by atoms with Crippen molar-refractivity contribution in [2.45, 2.75) is 83.5 Å². The topological polar surface area (TPSA) is 12.9 Å². The molecule has 0 fully saturated rings. The number of pyridine rings is 1. The molecule has 104 valence electrons. The first-order chi connectivity index (χ1) is 9.43. The molecule has 0 spiro atoms. The Kier molecular flexibility index (Phi) is 4.53. The predicted molar refractivity (Wildman–Crippen MR) is 80.6 cm³/mol. The SMILES string of the molecule is c1c2nc3c(c1CCCCCCCCC2)CCCC3. The van der Waals surface area contributed by atoms with Gasteiger partial charge in [-0.15, -0.1) is 0 Å². The van der Waals surface area contributed by atoms with Crippen LogP contribution in [0.1, 0.15) is 80.3 Å². The summed E-state index contributed by atoms with van der Waals surface area (Å²) >= 11 is 0. The Hall–Kier alpha value is -0.850. The number of aryl methyl sites for hydroxylation is 3. The highest BCUT2D eigenvalue weighted by atomic mass is 14.7. The van der Waals surface area contributed by atoms with E-state index in [1.165, 1.54) is 94.9 Å². The fraction of sp³-hybridized carbons (Fsp3) is 0.722. The van der Waals surface area contributed by atoms with E-state index in [0.717, 1.165) is 0 Å². The van der Waals surface area contributed by atoms with Crippen molar-refractivity contribution in [1.82, 2.24) is 4.98 Å². The third-order valence-electron chi connectivity index (χ3n) is 4.82. The molecular weight excluding hydrogens is 230 g/mol. The van der Waals surface area contributed by atoms with Crippen molar-refractivity contribution in [3.05, 3.63) is 28.6 Å². The summed E-state index contributed by atoms with van der Waals surface area (Å²) in [4.78, 5) is 4.97. The minimum atomic E-state index is 1.21. The minimum Gasteiger partial charge on any atom is -0.258 e. The molecule has 0 saturated carbocycles. The summed E-state index contributed by atoms with van der Waals surface area (Å²) in [5.41, 5.74) is 6.12.